The van der Waals surface area contributed by atoms with Gasteiger partial charge in [-0.25, -0.2) is 0 Å². The summed E-state index contributed by atoms with van der Waals surface area (Å²) in [6.45, 7) is 2.95. The van der Waals surface area contributed by atoms with Gasteiger partial charge in [-0.05, 0) is 6.92 Å². The monoisotopic (exact) mass is 95.1 g/mol. The minimum atomic E-state index is 0.895. The SMILES string of the molecule is CC1=NCC=CC1. The normalized spacial score (nSPS) is 19.3. The summed E-state index contributed by atoms with van der Waals surface area (Å²) in [5.41, 5.74) is 1.25. The lowest BCUT2D eigenvalue weighted by molar-refractivity contribution is 1.16. The van der Waals surface area contributed by atoms with E-state index < -0.39 is 0 Å². The quantitative estimate of drug-likeness (QED) is 0.403. The molecule has 0 bridgehead atoms. The number of rotatable bonds is 0. The van der Waals surface area contributed by atoms with Crippen molar-refractivity contribution in [1.82, 2.24) is 0 Å². The molecule has 1 heterocycles. The first kappa shape index (κ1) is 4.57. The Morgan fingerprint density at radius 3 is 2.71 bits per heavy atom. The molecular formula is C6H9N. The van der Waals surface area contributed by atoms with Gasteiger partial charge in [-0.2, -0.15) is 0 Å². The third-order valence-electron chi connectivity index (χ3n) is 1.05. The van der Waals surface area contributed by atoms with Gasteiger partial charge in [0.2, 0.25) is 0 Å². The standard InChI is InChI=1S/C6H9N/c1-6-4-2-3-5-7-6/h2-3H,4-5H2,1H3. The number of nitrogens with zero attached hydrogens (tertiary/aromatic N) is 1. The van der Waals surface area contributed by atoms with E-state index >= 15 is 0 Å². The van der Waals surface area contributed by atoms with Crippen LogP contribution in [0.5, 0.6) is 0 Å². The topological polar surface area (TPSA) is 12.4 Å². The molecule has 7 heavy (non-hydrogen) atoms. The highest BCUT2D eigenvalue weighted by Crippen LogP contribution is 1.94. The average Bonchev–Trinajstić information content (AvgIpc) is 1.69. The Morgan fingerprint density at radius 2 is 2.43 bits per heavy atom. The van der Waals surface area contributed by atoms with Gasteiger partial charge in [0.1, 0.15) is 0 Å². The van der Waals surface area contributed by atoms with Crippen molar-refractivity contribution in [2.75, 3.05) is 6.54 Å². The fourth-order valence-corrected chi connectivity index (χ4v) is 0.602. The summed E-state index contributed by atoms with van der Waals surface area (Å²) in [7, 11) is 0. The van der Waals surface area contributed by atoms with E-state index in [1.165, 1.54) is 5.71 Å². The summed E-state index contributed by atoms with van der Waals surface area (Å²) >= 11 is 0. The number of dihydropyridines is 1. The van der Waals surface area contributed by atoms with Crippen molar-refractivity contribution in [3.8, 4) is 0 Å². The molecule has 0 amide bonds. The lowest BCUT2D eigenvalue weighted by Gasteiger charge is -1.97. The van der Waals surface area contributed by atoms with Crippen molar-refractivity contribution in [1.29, 1.82) is 0 Å². The third-order valence-corrected chi connectivity index (χ3v) is 1.05. The fourth-order valence-electron chi connectivity index (χ4n) is 0.602. The molecule has 0 saturated carbocycles. The Kier molecular flexibility index (Phi) is 1.25. The maximum atomic E-state index is 4.16. The van der Waals surface area contributed by atoms with Crippen LogP contribution in [0.4, 0.5) is 0 Å². The van der Waals surface area contributed by atoms with E-state index in [-0.39, 0.29) is 0 Å². The van der Waals surface area contributed by atoms with Gasteiger partial charge < -0.3 is 0 Å². The van der Waals surface area contributed by atoms with E-state index in [2.05, 4.69) is 24.1 Å². The predicted molar refractivity (Wildman–Crippen MR) is 31.7 cm³/mol. The Morgan fingerprint density at radius 1 is 1.57 bits per heavy atom. The van der Waals surface area contributed by atoms with Crippen LogP contribution in [0.2, 0.25) is 0 Å². The van der Waals surface area contributed by atoms with E-state index in [1.807, 2.05) is 0 Å². The van der Waals surface area contributed by atoms with Crippen LogP contribution in [-0.2, 0) is 0 Å². The molecule has 0 unspecified atom stereocenters. The molecule has 0 radical (unpaired) electrons. The fraction of sp³-hybridized carbons (Fsp3) is 0.500. The highest BCUT2D eigenvalue weighted by atomic mass is 14.7. The van der Waals surface area contributed by atoms with Crippen LogP contribution in [0.3, 0.4) is 0 Å². The summed E-state index contributed by atoms with van der Waals surface area (Å²) in [4.78, 5) is 4.16. The second-order valence-corrected chi connectivity index (χ2v) is 1.75. The van der Waals surface area contributed by atoms with Crippen molar-refractivity contribution < 1.29 is 0 Å². The number of aliphatic imine (C=N–C) groups is 1. The van der Waals surface area contributed by atoms with Crippen molar-refractivity contribution in [3.05, 3.63) is 12.2 Å². The first-order valence-corrected chi connectivity index (χ1v) is 2.54. The molecule has 0 aromatic rings. The van der Waals surface area contributed by atoms with Crippen LogP contribution < -0.4 is 0 Å². The van der Waals surface area contributed by atoms with Gasteiger partial charge >= 0.3 is 0 Å². The molecule has 1 aliphatic heterocycles. The Labute approximate surface area is 43.8 Å². The van der Waals surface area contributed by atoms with E-state index in [1.54, 1.807) is 0 Å². The Hall–Kier alpha value is -0.590. The summed E-state index contributed by atoms with van der Waals surface area (Å²) in [6, 6.07) is 0. The van der Waals surface area contributed by atoms with Gasteiger partial charge in [0, 0.05) is 12.1 Å². The molecule has 0 spiro atoms. The van der Waals surface area contributed by atoms with Gasteiger partial charge in [-0.15, -0.1) is 0 Å². The lowest BCUT2D eigenvalue weighted by atomic mass is 10.2. The van der Waals surface area contributed by atoms with Gasteiger partial charge in [0.25, 0.3) is 0 Å². The number of allylic oxidation sites excluding steroid dienone is 1. The highest BCUT2D eigenvalue weighted by molar-refractivity contribution is 5.83. The molecule has 0 N–H and O–H groups in total. The van der Waals surface area contributed by atoms with Crippen LogP contribution >= 0.6 is 0 Å². The Balaban J connectivity index is 2.50. The molecule has 1 nitrogen and oxygen atoms in total. The molecular weight excluding hydrogens is 86.1 g/mol. The van der Waals surface area contributed by atoms with Crippen LogP contribution in [0.1, 0.15) is 13.3 Å². The summed E-state index contributed by atoms with van der Waals surface area (Å²) in [5, 5.41) is 0. The number of hydrogen-bond acceptors (Lipinski definition) is 1. The van der Waals surface area contributed by atoms with Gasteiger partial charge in [-0.3, -0.25) is 4.99 Å². The second kappa shape index (κ2) is 1.92. The van der Waals surface area contributed by atoms with E-state index in [4.69, 9.17) is 0 Å². The van der Waals surface area contributed by atoms with Crippen molar-refractivity contribution in [3.63, 3.8) is 0 Å². The zero-order valence-corrected chi connectivity index (χ0v) is 4.52. The van der Waals surface area contributed by atoms with Crippen LogP contribution in [0.15, 0.2) is 17.1 Å². The average molecular weight is 95.1 g/mol. The second-order valence-electron chi connectivity index (χ2n) is 1.75. The molecule has 1 heteroatoms. The molecule has 0 saturated heterocycles. The first-order valence-electron chi connectivity index (χ1n) is 2.54. The minimum Gasteiger partial charge on any atom is -0.290 e. The molecule has 0 aromatic carbocycles. The number of hydrogen-bond donors (Lipinski definition) is 0. The van der Waals surface area contributed by atoms with Crippen molar-refractivity contribution >= 4 is 5.71 Å². The lowest BCUT2D eigenvalue weighted by Crippen LogP contribution is -1.94. The molecule has 1 aliphatic rings. The zero-order valence-electron chi connectivity index (χ0n) is 4.52. The Bertz CT molecular complexity index is 111. The molecule has 38 valence electrons. The largest absolute Gasteiger partial charge is 0.290 e. The smallest absolute Gasteiger partial charge is 0.0569 e. The maximum Gasteiger partial charge on any atom is 0.0569 e. The van der Waals surface area contributed by atoms with Crippen molar-refractivity contribution in [2.45, 2.75) is 13.3 Å². The third kappa shape index (κ3) is 1.15. The summed E-state index contributed by atoms with van der Waals surface area (Å²) in [5.74, 6) is 0. The molecule has 0 atom stereocenters. The van der Waals surface area contributed by atoms with Gasteiger partial charge in [0.15, 0.2) is 0 Å². The van der Waals surface area contributed by atoms with Gasteiger partial charge in [0.05, 0.1) is 6.54 Å². The predicted octanol–water partition coefficient (Wildman–Crippen LogP) is 1.41. The van der Waals surface area contributed by atoms with Crippen LogP contribution in [0.25, 0.3) is 0 Å². The van der Waals surface area contributed by atoms with E-state index in [0.29, 0.717) is 0 Å². The zero-order chi connectivity index (χ0) is 5.11. The molecule has 0 aliphatic carbocycles. The first-order chi connectivity index (χ1) is 3.39. The summed E-state index contributed by atoms with van der Waals surface area (Å²) in [6.07, 6.45) is 5.30. The summed E-state index contributed by atoms with van der Waals surface area (Å²) < 4.78 is 0. The van der Waals surface area contributed by atoms with Crippen LogP contribution in [0, 0.1) is 0 Å². The molecule has 0 fully saturated rings. The van der Waals surface area contributed by atoms with Crippen LogP contribution in [-0.4, -0.2) is 12.3 Å². The highest BCUT2D eigenvalue weighted by Gasteiger charge is 1.88. The molecule has 0 aromatic heterocycles. The van der Waals surface area contributed by atoms with E-state index in [0.717, 1.165) is 13.0 Å². The van der Waals surface area contributed by atoms with Gasteiger partial charge in [-0.1, -0.05) is 12.2 Å². The maximum absolute atomic E-state index is 4.16. The minimum absolute atomic E-state index is 0.895. The van der Waals surface area contributed by atoms with Crippen molar-refractivity contribution in [2.24, 2.45) is 4.99 Å². The van der Waals surface area contributed by atoms with E-state index in [9.17, 15) is 0 Å². The molecule has 1 rings (SSSR count).